The number of nitrogens with zero attached hydrogens (tertiary/aromatic N) is 1. The van der Waals surface area contributed by atoms with Crippen LogP contribution in [0, 0.1) is 0 Å². The number of hydrogen-bond acceptors (Lipinski definition) is 5. The summed E-state index contributed by atoms with van der Waals surface area (Å²) in [6, 6.07) is -0.411. The molecule has 0 bridgehead atoms. The molecule has 1 aliphatic rings. The third-order valence-electron chi connectivity index (χ3n) is 2.93. The van der Waals surface area contributed by atoms with E-state index in [9.17, 15) is 14.4 Å². The van der Waals surface area contributed by atoms with E-state index >= 15 is 0 Å². The summed E-state index contributed by atoms with van der Waals surface area (Å²) in [4.78, 5) is 36.1. The Balaban J connectivity index is 3.08. The molecular weight excluding hydrogens is 262 g/mol. The molecule has 0 spiro atoms. The highest BCUT2D eigenvalue weighted by Crippen LogP contribution is 2.28. The van der Waals surface area contributed by atoms with Gasteiger partial charge in [-0.2, -0.15) is 0 Å². The molecule has 0 aromatic rings. The maximum atomic E-state index is 12.3. The zero-order valence-electron chi connectivity index (χ0n) is 11.7. The summed E-state index contributed by atoms with van der Waals surface area (Å²) in [6.45, 7) is 9.96. The van der Waals surface area contributed by atoms with Crippen molar-refractivity contribution in [3.63, 3.8) is 0 Å². The van der Waals surface area contributed by atoms with E-state index in [0.717, 1.165) is 0 Å². The SMILES string of the molecule is C=CC[C@@H]1[C@H](OC(C)=O)[C@@H](OC(C)=O)C(=O)N1CC=C. The summed E-state index contributed by atoms with van der Waals surface area (Å²) in [6.07, 6.45) is 1.67. The molecule has 3 atom stereocenters. The van der Waals surface area contributed by atoms with Crippen LogP contribution in [0.5, 0.6) is 0 Å². The monoisotopic (exact) mass is 281 g/mol. The van der Waals surface area contributed by atoms with Gasteiger partial charge in [-0.15, -0.1) is 13.2 Å². The quantitative estimate of drug-likeness (QED) is 0.532. The minimum Gasteiger partial charge on any atom is -0.456 e. The highest BCUT2D eigenvalue weighted by atomic mass is 16.6. The molecule has 1 heterocycles. The Labute approximate surface area is 118 Å². The molecule has 1 rings (SSSR count). The predicted octanol–water partition coefficient (Wildman–Crippen LogP) is 0.823. The van der Waals surface area contributed by atoms with Gasteiger partial charge < -0.3 is 14.4 Å². The Hall–Kier alpha value is -2.11. The highest BCUT2D eigenvalue weighted by molar-refractivity contribution is 5.87. The van der Waals surface area contributed by atoms with Crippen molar-refractivity contribution >= 4 is 17.8 Å². The number of amides is 1. The number of carbonyl (C=O) groups is 3. The number of rotatable bonds is 6. The third kappa shape index (κ3) is 3.46. The number of ether oxygens (including phenoxy) is 2. The summed E-state index contributed by atoms with van der Waals surface area (Å²) in [5.41, 5.74) is 0. The van der Waals surface area contributed by atoms with Crippen LogP contribution in [-0.2, 0) is 23.9 Å². The lowest BCUT2D eigenvalue weighted by Crippen LogP contribution is -2.39. The maximum absolute atomic E-state index is 12.3. The summed E-state index contributed by atoms with van der Waals surface area (Å²) < 4.78 is 10.2. The van der Waals surface area contributed by atoms with Gasteiger partial charge in [-0.05, 0) is 6.42 Å². The zero-order chi connectivity index (χ0) is 15.3. The largest absolute Gasteiger partial charge is 0.456 e. The van der Waals surface area contributed by atoms with E-state index in [2.05, 4.69) is 13.2 Å². The topological polar surface area (TPSA) is 72.9 Å². The molecule has 0 radical (unpaired) electrons. The van der Waals surface area contributed by atoms with Gasteiger partial charge in [0.2, 0.25) is 6.10 Å². The van der Waals surface area contributed by atoms with Crippen LogP contribution in [0.4, 0.5) is 0 Å². The Bertz CT molecular complexity index is 431. The molecule has 20 heavy (non-hydrogen) atoms. The van der Waals surface area contributed by atoms with Crippen LogP contribution in [0.25, 0.3) is 0 Å². The van der Waals surface area contributed by atoms with Crippen molar-refractivity contribution < 1.29 is 23.9 Å². The van der Waals surface area contributed by atoms with Crippen LogP contribution in [-0.4, -0.2) is 47.5 Å². The smallest absolute Gasteiger partial charge is 0.303 e. The first kappa shape index (κ1) is 15.9. The minimum atomic E-state index is -1.11. The third-order valence-corrected chi connectivity index (χ3v) is 2.93. The molecule has 0 aliphatic carbocycles. The second-order valence-corrected chi connectivity index (χ2v) is 4.48. The lowest BCUT2D eigenvalue weighted by Gasteiger charge is -2.25. The molecule has 110 valence electrons. The van der Waals surface area contributed by atoms with Gasteiger partial charge >= 0.3 is 11.9 Å². The first-order valence-electron chi connectivity index (χ1n) is 6.29. The molecular formula is C14H19NO5. The first-order valence-corrected chi connectivity index (χ1v) is 6.29. The summed E-state index contributed by atoms with van der Waals surface area (Å²) >= 11 is 0. The first-order chi connectivity index (χ1) is 9.42. The molecule has 6 nitrogen and oxygen atoms in total. The lowest BCUT2D eigenvalue weighted by atomic mass is 10.1. The standard InChI is InChI=1S/C14H19NO5/c1-5-7-11-12(19-9(3)16)13(20-10(4)17)14(18)15(11)8-6-2/h5-6,11-13H,1-2,7-8H2,3-4H3/t11-,12+,13-/m1/s1. The van der Waals surface area contributed by atoms with Crippen LogP contribution in [0.15, 0.2) is 25.3 Å². The van der Waals surface area contributed by atoms with Gasteiger partial charge in [0.05, 0.1) is 6.04 Å². The molecule has 0 saturated carbocycles. The lowest BCUT2D eigenvalue weighted by molar-refractivity contribution is -0.166. The summed E-state index contributed by atoms with van der Waals surface area (Å²) in [5.74, 6) is -1.52. The number of carbonyl (C=O) groups excluding carboxylic acids is 3. The molecule has 0 unspecified atom stereocenters. The second-order valence-electron chi connectivity index (χ2n) is 4.48. The zero-order valence-corrected chi connectivity index (χ0v) is 11.7. The van der Waals surface area contributed by atoms with Gasteiger partial charge in [0, 0.05) is 20.4 Å². The summed E-state index contributed by atoms with van der Waals surface area (Å²) in [7, 11) is 0. The number of hydrogen-bond donors (Lipinski definition) is 0. The average molecular weight is 281 g/mol. The van der Waals surface area contributed by atoms with E-state index in [1.54, 1.807) is 12.2 Å². The maximum Gasteiger partial charge on any atom is 0.303 e. The fraction of sp³-hybridized carbons (Fsp3) is 0.500. The van der Waals surface area contributed by atoms with Crippen molar-refractivity contribution in [1.29, 1.82) is 0 Å². The normalized spacial score (nSPS) is 25.2. The van der Waals surface area contributed by atoms with Crippen molar-refractivity contribution in [2.75, 3.05) is 6.54 Å². The van der Waals surface area contributed by atoms with Gasteiger partial charge in [-0.1, -0.05) is 12.2 Å². The molecule has 6 heteroatoms. The van der Waals surface area contributed by atoms with Crippen molar-refractivity contribution in [3.05, 3.63) is 25.3 Å². The van der Waals surface area contributed by atoms with E-state index in [0.29, 0.717) is 6.42 Å². The van der Waals surface area contributed by atoms with Gasteiger partial charge in [0.25, 0.3) is 5.91 Å². The van der Waals surface area contributed by atoms with E-state index in [1.807, 2.05) is 0 Å². The summed E-state index contributed by atoms with van der Waals surface area (Å²) in [5, 5.41) is 0. The molecule has 0 aromatic carbocycles. The van der Waals surface area contributed by atoms with E-state index in [1.165, 1.54) is 18.7 Å². The van der Waals surface area contributed by atoms with Gasteiger partial charge in [0.15, 0.2) is 6.10 Å². The van der Waals surface area contributed by atoms with Gasteiger partial charge in [-0.3, -0.25) is 14.4 Å². The highest BCUT2D eigenvalue weighted by Gasteiger charge is 2.51. The van der Waals surface area contributed by atoms with Crippen LogP contribution in [0.1, 0.15) is 20.3 Å². The van der Waals surface area contributed by atoms with Crippen molar-refractivity contribution in [2.24, 2.45) is 0 Å². The van der Waals surface area contributed by atoms with Crippen molar-refractivity contribution in [1.82, 2.24) is 4.90 Å². The molecule has 1 amide bonds. The van der Waals surface area contributed by atoms with Crippen LogP contribution in [0.2, 0.25) is 0 Å². The minimum absolute atomic E-state index is 0.285. The van der Waals surface area contributed by atoms with Gasteiger partial charge in [0.1, 0.15) is 0 Å². The number of likely N-dealkylation sites (tertiary alicyclic amines) is 1. The molecule has 1 saturated heterocycles. The van der Waals surface area contributed by atoms with Crippen molar-refractivity contribution in [3.8, 4) is 0 Å². The van der Waals surface area contributed by atoms with Gasteiger partial charge in [-0.25, -0.2) is 0 Å². The molecule has 0 N–H and O–H groups in total. The fourth-order valence-electron chi connectivity index (χ4n) is 2.27. The van der Waals surface area contributed by atoms with Crippen LogP contribution >= 0.6 is 0 Å². The van der Waals surface area contributed by atoms with Crippen molar-refractivity contribution in [2.45, 2.75) is 38.5 Å². The second kappa shape index (κ2) is 6.88. The fourth-order valence-corrected chi connectivity index (χ4v) is 2.27. The Morgan fingerprint density at radius 2 is 1.80 bits per heavy atom. The van der Waals surface area contributed by atoms with E-state index in [-0.39, 0.29) is 6.54 Å². The predicted molar refractivity (Wildman–Crippen MR) is 71.6 cm³/mol. The number of esters is 2. The van der Waals surface area contributed by atoms with E-state index in [4.69, 9.17) is 9.47 Å². The molecule has 0 aromatic heterocycles. The average Bonchev–Trinajstić information content (AvgIpc) is 2.56. The van der Waals surface area contributed by atoms with Crippen LogP contribution < -0.4 is 0 Å². The molecule has 1 fully saturated rings. The van der Waals surface area contributed by atoms with E-state index < -0.39 is 36.1 Å². The Morgan fingerprint density at radius 3 is 2.25 bits per heavy atom. The Kier molecular flexibility index (Phi) is 5.49. The molecule has 1 aliphatic heterocycles. The Morgan fingerprint density at radius 1 is 1.20 bits per heavy atom. The van der Waals surface area contributed by atoms with Crippen LogP contribution in [0.3, 0.4) is 0 Å².